The molecule has 0 radical (unpaired) electrons. The van der Waals surface area contributed by atoms with Gasteiger partial charge in [-0.05, 0) is 46.3 Å². The quantitative estimate of drug-likeness (QED) is 0.753. The predicted octanol–water partition coefficient (Wildman–Crippen LogP) is 1.07. The lowest BCUT2D eigenvalue weighted by atomic mass is 10.0. The van der Waals surface area contributed by atoms with Gasteiger partial charge >= 0.3 is 0 Å². The largest absolute Gasteiger partial charge is 0.396 e. The van der Waals surface area contributed by atoms with Crippen molar-refractivity contribution in [1.29, 1.82) is 5.26 Å². The Labute approximate surface area is 105 Å². The summed E-state index contributed by atoms with van der Waals surface area (Å²) >= 11 is 0. The molecule has 1 heterocycles. The fraction of sp³-hybridized carbons (Fsp3) is 0.923. The zero-order chi connectivity index (χ0) is 12.7. The van der Waals surface area contributed by atoms with Crippen LogP contribution in [0.4, 0.5) is 0 Å². The molecule has 4 nitrogen and oxygen atoms in total. The maximum atomic E-state index is 8.82. The van der Waals surface area contributed by atoms with Crippen molar-refractivity contribution in [3.05, 3.63) is 0 Å². The second-order valence-corrected chi connectivity index (χ2v) is 5.04. The number of piperidine rings is 1. The molecule has 1 fully saturated rings. The highest BCUT2D eigenvalue weighted by atomic mass is 16.3. The molecule has 0 bridgehead atoms. The Morgan fingerprint density at radius 2 is 2.12 bits per heavy atom. The topological polar surface area (TPSA) is 50.5 Å². The van der Waals surface area contributed by atoms with E-state index < -0.39 is 0 Å². The molecule has 0 spiro atoms. The first kappa shape index (κ1) is 14.4. The van der Waals surface area contributed by atoms with Gasteiger partial charge in [-0.2, -0.15) is 5.26 Å². The van der Waals surface area contributed by atoms with Gasteiger partial charge in [-0.25, -0.2) is 0 Å². The number of nitriles is 1. The highest BCUT2D eigenvalue weighted by molar-refractivity contribution is 4.85. The van der Waals surface area contributed by atoms with E-state index in [0.717, 1.165) is 26.1 Å². The molecule has 0 aromatic rings. The summed E-state index contributed by atoms with van der Waals surface area (Å²) in [6, 6.07) is 3.28. The molecule has 1 N–H and O–H groups in total. The van der Waals surface area contributed by atoms with Crippen molar-refractivity contribution in [3.8, 4) is 6.07 Å². The molecule has 0 saturated carbocycles. The highest BCUT2D eigenvalue weighted by Crippen LogP contribution is 2.18. The Morgan fingerprint density at radius 1 is 1.47 bits per heavy atom. The number of hydrogen-bond acceptors (Lipinski definition) is 4. The molecule has 1 aliphatic rings. The average molecular weight is 239 g/mol. The number of hydrogen-bond donors (Lipinski definition) is 1. The summed E-state index contributed by atoms with van der Waals surface area (Å²) in [6.45, 7) is 5.59. The third-order valence-electron chi connectivity index (χ3n) is 3.80. The zero-order valence-electron chi connectivity index (χ0n) is 11.1. The van der Waals surface area contributed by atoms with Gasteiger partial charge in [0.15, 0.2) is 0 Å². The summed E-state index contributed by atoms with van der Waals surface area (Å²) in [5.41, 5.74) is 0. The van der Waals surface area contributed by atoms with E-state index in [0.29, 0.717) is 18.5 Å². The Hall–Kier alpha value is -0.630. The Bertz CT molecular complexity index is 244. The minimum Gasteiger partial charge on any atom is -0.396 e. The number of nitrogens with zero attached hydrogens (tertiary/aromatic N) is 3. The van der Waals surface area contributed by atoms with Crippen molar-refractivity contribution in [2.24, 2.45) is 0 Å². The van der Waals surface area contributed by atoms with E-state index in [2.05, 4.69) is 29.8 Å². The van der Waals surface area contributed by atoms with Crippen LogP contribution in [0.2, 0.25) is 0 Å². The van der Waals surface area contributed by atoms with Crippen LogP contribution >= 0.6 is 0 Å². The van der Waals surface area contributed by atoms with Gasteiger partial charge < -0.3 is 10.0 Å². The molecule has 0 amide bonds. The average Bonchev–Trinajstić information content (AvgIpc) is 2.36. The van der Waals surface area contributed by atoms with Crippen LogP contribution < -0.4 is 0 Å². The fourth-order valence-electron chi connectivity index (χ4n) is 2.53. The molecule has 0 aromatic carbocycles. The number of rotatable bonds is 6. The van der Waals surface area contributed by atoms with Crippen LogP contribution in [0.5, 0.6) is 0 Å². The Balaban J connectivity index is 2.28. The second kappa shape index (κ2) is 7.65. The van der Waals surface area contributed by atoms with Crippen LogP contribution in [-0.4, -0.2) is 60.3 Å². The molecular formula is C13H25N3O. The molecule has 0 aliphatic carbocycles. The molecular weight excluding hydrogens is 214 g/mol. The fourth-order valence-corrected chi connectivity index (χ4v) is 2.53. The first-order valence-electron chi connectivity index (χ1n) is 6.61. The zero-order valence-corrected chi connectivity index (χ0v) is 11.1. The molecule has 0 aromatic heterocycles. The summed E-state index contributed by atoms with van der Waals surface area (Å²) in [5.74, 6) is 0. The van der Waals surface area contributed by atoms with Crippen LogP contribution in [0.1, 0.15) is 32.6 Å². The molecule has 1 atom stereocenters. The lowest BCUT2D eigenvalue weighted by Gasteiger charge is -2.38. The van der Waals surface area contributed by atoms with E-state index in [4.69, 9.17) is 10.4 Å². The van der Waals surface area contributed by atoms with Gasteiger partial charge in [0.1, 0.15) is 0 Å². The van der Waals surface area contributed by atoms with Crippen molar-refractivity contribution < 1.29 is 5.11 Å². The van der Waals surface area contributed by atoms with Crippen LogP contribution in [0.25, 0.3) is 0 Å². The summed E-state index contributed by atoms with van der Waals surface area (Å²) in [4.78, 5) is 4.78. The smallest absolute Gasteiger partial charge is 0.0638 e. The second-order valence-electron chi connectivity index (χ2n) is 5.04. The number of likely N-dealkylation sites (tertiary alicyclic amines) is 1. The third-order valence-corrected chi connectivity index (χ3v) is 3.80. The normalized spacial score (nSPS) is 20.4. The summed E-state index contributed by atoms with van der Waals surface area (Å²) in [5, 5.41) is 17.5. The van der Waals surface area contributed by atoms with Gasteiger partial charge in [-0.3, -0.25) is 4.90 Å². The first-order chi connectivity index (χ1) is 8.19. The SMILES string of the molecule is CC(CC#N)N1CCC(N(C)CCCO)CC1. The highest BCUT2D eigenvalue weighted by Gasteiger charge is 2.24. The van der Waals surface area contributed by atoms with Gasteiger partial charge in [-0.1, -0.05) is 0 Å². The van der Waals surface area contributed by atoms with Crippen LogP contribution in [0, 0.1) is 11.3 Å². The van der Waals surface area contributed by atoms with Crippen molar-refractivity contribution >= 4 is 0 Å². The molecule has 4 heteroatoms. The summed E-state index contributed by atoms with van der Waals surface area (Å²) in [6.07, 6.45) is 3.85. The number of aliphatic hydroxyl groups excluding tert-OH is 1. The maximum Gasteiger partial charge on any atom is 0.0638 e. The van der Waals surface area contributed by atoms with E-state index in [9.17, 15) is 0 Å². The van der Waals surface area contributed by atoms with E-state index in [-0.39, 0.29) is 6.61 Å². The summed E-state index contributed by atoms with van der Waals surface area (Å²) in [7, 11) is 2.15. The molecule has 1 aliphatic heterocycles. The molecule has 17 heavy (non-hydrogen) atoms. The Kier molecular flexibility index (Phi) is 6.49. The van der Waals surface area contributed by atoms with Gasteiger partial charge in [0, 0.05) is 25.2 Å². The molecule has 98 valence electrons. The van der Waals surface area contributed by atoms with Gasteiger partial charge in [0.2, 0.25) is 0 Å². The van der Waals surface area contributed by atoms with E-state index in [1.165, 1.54) is 12.8 Å². The molecule has 1 saturated heterocycles. The maximum absolute atomic E-state index is 8.82. The standard InChI is InChI=1S/C13H25N3O/c1-12(4-7-14)16-9-5-13(6-10-16)15(2)8-3-11-17/h12-13,17H,3-6,8-11H2,1-2H3. The number of aliphatic hydroxyl groups is 1. The van der Waals surface area contributed by atoms with Gasteiger partial charge in [0.25, 0.3) is 0 Å². The van der Waals surface area contributed by atoms with Crippen molar-refractivity contribution in [1.82, 2.24) is 9.80 Å². The van der Waals surface area contributed by atoms with E-state index in [1.807, 2.05) is 0 Å². The minimum absolute atomic E-state index is 0.280. The lowest BCUT2D eigenvalue weighted by molar-refractivity contribution is 0.0995. The van der Waals surface area contributed by atoms with Crippen molar-refractivity contribution in [2.45, 2.75) is 44.7 Å². The van der Waals surface area contributed by atoms with Crippen molar-refractivity contribution in [3.63, 3.8) is 0 Å². The lowest BCUT2D eigenvalue weighted by Crippen LogP contribution is -2.46. The van der Waals surface area contributed by atoms with E-state index >= 15 is 0 Å². The van der Waals surface area contributed by atoms with Gasteiger partial charge in [-0.15, -0.1) is 0 Å². The van der Waals surface area contributed by atoms with E-state index in [1.54, 1.807) is 0 Å². The predicted molar refractivity (Wildman–Crippen MR) is 68.6 cm³/mol. The minimum atomic E-state index is 0.280. The van der Waals surface area contributed by atoms with Crippen LogP contribution in [0.3, 0.4) is 0 Å². The molecule has 1 rings (SSSR count). The van der Waals surface area contributed by atoms with Crippen LogP contribution in [0.15, 0.2) is 0 Å². The van der Waals surface area contributed by atoms with Gasteiger partial charge in [0.05, 0.1) is 12.5 Å². The first-order valence-corrected chi connectivity index (χ1v) is 6.61. The molecule has 1 unspecified atom stereocenters. The van der Waals surface area contributed by atoms with Crippen molar-refractivity contribution in [2.75, 3.05) is 33.3 Å². The monoisotopic (exact) mass is 239 g/mol. The Morgan fingerprint density at radius 3 is 2.65 bits per heavy atom. The summed E-state index contributed by atoms with van der Waals surface area (Å²) < 4.78 is 0. The van der Waals surface area contributed by atoms with Crippen LogP contribution in [-0.2, 0) is 0 Å². The third kappa shape index (κ3) is 4.63.